The molecule has 126 valence electrons. The number of halogens is 1. The maximum atomic E-state index is 13.5. The van der Waals surface area contributed by atoms with Crippen LogP contribution in [0.3, 0.4) is 0 Å². The Hall–Kier alpha value is -2.63. The summed E-state index contributed by atoms with van der Waals surface area (Å²) < 4.78 is 13.5. The van der Waals surface area contributed by atoms with Gasteiger partial charge in [-0.2, -0.15) is 0 Å². The highest BCUT2D eigenvalue weighted by Crippen LogP contribution is 2.14. The second-order valence-electron chi connectivity index (χ2n) is 5.71. The van der Waals surface area contributed by atoms with Gasteiger partial charge in [0.05, 0.1) is 5.69 Å². The first-order chi connectivity index (χ1) is 11.7. The fraction of sp³-hybridized carbons (Fsp3) is 0.333. The standard InChI is InChI=1S/C18H21FN4O/c19-15-5-1-2-6-16(15)20-10-8-18(24)23-13-11-22(12-14-23)17-7-3-4-9-21-17/h1-7,9,20H,8,10-14H2. The molecule has 1 aromatic carbocycles. The van der Waals surface area contributed by atoms with Crippen LogP contribution in [0.2, 0.25) is 0 Å². The van der Waals surface area contributed by atoms with E-state index in [-0.39, 0.29) is 11.7 Å². The summed E-state index contributed by atoms with van der Waals surface area (Å²) in [5, 5.41) is 2.97. The van der Waals surface area contributed by atoms with Crippen molar-refractivity contribution in [2.24, 2.45) is 0 Å². The normalized spacial score (nSPS) is 14.5. The van der Waals surface area contributed by atoms with Crippen molar-refractivity contribution in [3.63, 3.8) is 0 Å². The molecule has 0 radical (unpaired) electrons. The highest BCUT2D eigenvalue weighted by molar-refractivity contribution is 5.77. The first-order valence-electron chi connectivity index (χ1n) is 8.16. The minimum absolute atomic E-state index is 0.0968. The molecule has 0 unspecified atom stereocenters. The Bertz CT molecular complexity index is 672. The lowest BCUT2D eigenvalue weighted by Crippen LogP contribution is -2.49. The van der Waals surface area contributed by atoms with Gasteiger partial charge in [0.25, 0.3) is 0 Å². The highest BCUT2D eigenvalue weighted by Gasteiger charge is 2.21. The van der Waals surface area contributed by atoms with Gasteiger partial charge in [-0.3, -0.25) is 4.79 Å². The number of aromatic nitrogens is 1. The predicted octanol–water partition coefficient (Wildman–Crippen LogP) is 2.37. The van der Waals surface area contributed by atoms with Crippen LogP contribution in [0.5, 0.6) is 0 Å². The molecule has 1 aliphatic heterocycles. The monoisotopic (exact) mass is 328 g/mol. The molecule has 1 fully saturated rings. The van der Waals surface area contributed by atoms with Crippen LogP contribution in [0.25, 0.3) is 0 Å². The van der Waals surface area contributed by atoms with Crippen molar-refractivity contribution >= 4 is 17.4 Å². The van der Waals surface area contributed by atoms with Crippen molar-refractivity contribution in [2.45, 2.75) is 6.42 Å². The molecule has 1 amide bonds. The number of amides is 1. The Kier molecular flexibility index (Phi) is 5.25. The second kappa shape index (κ2) is 7.77. The van der Waals surface area contributed by atoms with Crippen LogP contribution in [0.15, 0.2) is 48.7 Å². The molecule has 24 heavy (non-hydrogen) atoms. The van der Waals surface area contributed by atoms with Crippen molar-refractivity contribution in [3.05, 3.63) is 54.5 Å². The third-order valence-electron chi connectivity index (χ3n) is 4.13. The van der Waals surface area contributed by atoms with E-state index in [2.05, 4.69) is 15.2 Å². The Labute approximate surface area is 141 Å². The van der Waals surface area contributed by atoms with Crippen LogP contribution in [0, 0.1) is 5.82 Å². The fourth-order valence-electron chi connectivity index (χ4n) is 2.79. The van der Waals surface area contributed by atoms with Gasteiger partial charge in [0.1, 0.15) is 11.6 Å². The topological polar surface area (TPSA) is 48.5 Å². The number of hydrogen-bond donors (Lipinski definition) is 1. The smallest absolute Gasteiger partial charge is 0.224 e. The minimum Gasteiger partial charge on any atom is -0.382 e. The number of carbonyl (C=O) groups excluding carboxylic acids is 1. The summed E-state index contributed by atoms with van der Waals surface area (Å²) >= 11 is 0. The van der Waals surface area contributed by atoms with Crippen molar-refractivity contribution in [3.8, 4) is 0 Å². The SMILES string of the molecule is O=C(CCNc1ccccc1F)N1CCN(c2ccccn2)CC1. The van der Waals surface area contributed by atoms with Crippen LogP contribution in [0.4, 0.5) is 15.9 Å². The largest absolute Gasteiger partial charge is 0.382 e. The van der Waals surface area contributed by atoms with E-state index >= 15 is 0 Å². The van der Waals surface area contributed by atoms with Crippen LogP contribution in [-0.2, 0) is 4.79 Å². The van der Waals surface area contributed by atoms with E-state index in [0.717, 1.165) is 18.9 Å². The molecule has 1 N–H and O–H groups in total. The zero-order valence-electron chi connectivity index (χ0n) is 13.5. The van der Waals surface area contributed by atoms with Gasteiger partial charge < -0.3 is 15.1 Å². The molecule has 1 saturated heterocycles. The fourth-order valence-corrected chi connectivity index (χ4v) is 2.79. The number of pyridine rings is 1. The number of para-hydroxylation sites is 1. The molecule has 1 aliphatic rings. The summed E-state index contributed by atoms with van der Waals surface area (Å²) in [6, 6.07) is 12.3. The molecule has 1 aromatic heterocycles. The molecule has 2 heterocycles. The number of rotatable bonds is 5. The van der Waals surface area contributed by atoms with Crippen molar-refractivity contribution in [1.82, 2.24) is 9.88 Å². The summed E-state index contributed by atoms with van der Waals surface area (Å²) in [7, 11) is 0. The Balaban J connectivity index is 1.43. The lowest BCUT2D eigenvalue weighted by Gasteiger charge is -2.35. The summed E-state index contributed by atoms with van der Waals surface area (Å²) in [5.74, 6) is 0.749. The van der Waals surface area contributed by atoms with Crippen molar-refractivity contribution in [2.75, 3.05) is 42.9 Å². The number of piperazine rings is 1. The zero-order chi connectivity index (χ0) is 16.8. The maximum Gasteiger partial charge on any atom is 0.224 e. The van der Waals surface area contributed by atoms with Gasteiger partial charge in [-0.05, 0) is 24.3 Å². The van der Waals surface area contributed by atoms with Crippen LogP contribution in [-0.4, -0.2) is 48.5 Å². The van der Waals surface area contributed by atoms with Gasteiger partial charge in [-0.25, -0.2) is 9.37 Å². The van der Waals surface area contributed by atoms with Crippen LogP contribution < -0.4 is 10.2 Å². The third-order valence-corrected chi connectivity index (χ3v) is 4.13. The average molecular weight is 328 g/mol. The first kappa shape index (κ1) is 16.2. The molecular weight excluding hydrogens is 307 g/mol. The van der Waals surface area contributed by atoms with E-state index in [9.17, 15) is 9.18 Å². The second-order valence-corrected chi connectivity index (χ2v) is 5.71. The molecule has 0 spiro atoms. The number of nitrogens with zero attached hydrogens (tertiary/aromatic N) is 3. The number of benzene rings is 1. The molecule has 2 aromatic rings. The molecule has 3 rings (SSSR count). The molecule has 0 saturated carbocycles. The summed E-state index contributed by atoms with van der Waals surface area (Å²) in [4.78, 5) is 20.7. The molecule has 0 atom stereocenters. The Morgan fingerprint density at radius 3 is 2.54 bits per heavy atom. The molecular formula is C18H21FN4O. The van der Waals surface area contributed by atoms with Gasteiger partial charge in [0, 0.05) is 45.3 Å². The van der Waals surface area contributed by atoms with Gasteiger partial charge in [0.15, 0.2) is 0 Å². The van der Waals surface area contributed by atoms with Gasteiger partial charge in [-0.1, -0.05) is 18.2 Å². The zero-order valence-corrected chi connectivity index (χ0v) is 13.5. The van der Waals surface area contributed by atoms with Gasteiger partial charge in [0.2, 0.25) is 5.91 Å². The first-order valence-corrected chi connectivity index (χ1v) is 8.16. The van der Waals surface area contributed by atoms with E-state index in [4.69, 9.17) is 0 Å². The van der Waals surface area contributed by atoms with E-state index in [1.54, 1.807) is 24.4 Å². The van der Waals surface area contributed by atoms with Gasteiger partial charge in [-0.15, -0.1) is 0 Å². The van der Waals surface area contributed by atoms with E-state index < -0.39 is 0 Å². The van der Waals surface area contributed by atoms with Crippen molar-refractivity contribution in [1.29, 1.82) is 0 Å². The molecule has 0 bridgehead atoms. The van der Waals surface area contributed by atoms with E-state index in [1.807, 2.05) is 23.1 Å². The lowest BCUT2D eigenvalue weighted by atomic mass is 10.2. The Morgan fingerprint density at radius 2 is 1.83 bits per heavy atom. The van der Waals surface area contributed by atoms with Gasteiger partial charge >= 0.3 is 0 Å². The van der Waals surface area contributed by atoms with Crippen LogP contribution in [0.1, 0.15) is 6.42 Å². The minimum atomic E-state index is -0.297. The lowest BCUT2D eigenvalue weighted by molar-refractivity contribution is -0.131. The predicted molar refractivity (Wildman–Crippen MR) is 92.5 cm³/mol. The molecule has 6 heteroatoms. The number of hydrogen-bond acceptors (Lipinski definition) is 4. The van der Waals surface area contributed by atoms with E-state index in [0.29, 0.717) is 31.7 Å². The summed E-state index contributed by atoms with van der Waals surface area (Å²) in [5.41, 5.74) is 0.435. The average Bonchev–Trinajstić information content (AvgIpc) is 2.64. The number of nitrogens with one attached hydrogen (secondary N) is 1. The van der Waals surface area contributed by atoms with Crippen LogP contribution >= 0.6 is 0 Å². The quantitative estimate of drug-likeness (QED) is 0.915. The van der Waals surface area contributed by atoms with E-state index in [1.165, 1.54) is 6.07 Å². The van der Waals surface area contributed by atoms with Crippen molar-refractivity contribution < 1.29 is 9.18 Å². The Morgan fingerprint density at radius 1 is 1.08 bits per heavy atom. The number of carbonyl (C=O) groups is 1. The molecule has 0 aliphatic carbocycles. The highest BCUT2D eigenvalue weighted by atomic mass is 19.1. The third kappa shape index (κ3) is 4.01. The maximum absolute atomic E-state index is 13.5. The number of anilines is 2. The summed E-state index contributed by atoms with van der Waals surface area (Å²) in [6.07, 6.45) is 2.14. The molecule has 5 nitrogen and oxygen atoms in total. The summed E-state index contributed by atoms with van der Waals surface area (Å²) in [6.45, 7) is 3.37.